The van der Waals surface area contributed by atoms with Gasteiger partial charge >= 0.3 is 7.12 Å². The van der Waals surface area contributed by atoms with Crippen molar-refractivity contribution in [2.24, 2.45) is 0 Å². The van der Waals surface area contributed by atoms with Crippen molar-refractivity contribution >= 4 is 7.12 Å². The van der Waals surface area contributed by atoms with Crippen molar-refractivity contribution in [2.45, 2.75) is 5.82 Å². The van der Waals surface area contributed by atoms with Gasteiger partial charge in [0.15, 0.2) is 0 Å². The van der Waals surface area contributed by atoms with Gasteiger partial charge in [-0.15, -0.1) is 0 Å². The van der Waals surface area contributed by atoms with E-state index in [9.17, 15) is 0 Å². The molecule has 1 heterocycles. The van der Waals surface area contributed by atoms with Gasteiger partial charge in [-0.1, -0.05) is 0 Å². The fourth-order valence-corrected chi connectivity index (χ4v) is 0.564. The van der Waals surface area contributed by atoms with Crippen LogP contribution in [0.15, 0.2) is 12.3 Å². The molecule has 2 N–H and O–H groups in total. The van der Waals surface area contributed by atoms with Crippen molar-refractivity contribution in [1.29, 1.82) is 0 Å². The average Bonchev–Trinajstić information content (AvgIpc) is 2.12. The van der Waals surface area contributed by atoms with Gasteiger partial charge in [0, 0.05) is 5.82 Å². The Bertz CT molecular complexity index is 101. The Balaban J connectivity index is 2.36. The zero-order valence-corrected chi connectivity index (χ0v) is 4.32. The van der Waals surface area contributed by atoms with E-state index in [1.54, 1.807) is 6.08 Å². The molecule has 0 fully saturated rings. The molecule has 0 aliphatic carbocycles. The van der Waals surface area contributed by atoms with E-state index < -0.39 is 7.12 Å². The first-order valence-corrected chi connectivity index (χ1v) is 2.45. The lowest BCUT2D eigenvalue weighted by molar-refractivity contribution is 0.267. The van der Waals surface area contributed by atoms with Gasteiger partial charge in [0.25, 0.3) is 0 Å². The van der Waals surface area contributed by atoms with E-state index in [0.29, 0.717) is 6.61 Å². The Labute approximate surface area is 47.7 Å². The van der Waals surface area contributed by atoms with Crippen LogP contribution in [-0.4, -0.2) is 23.8 Å². The largest absolute Gasteiger partial charge is 0.501 e. The van der Waals surface area contributed by atoms with Gasteiger partial charge in [0.1, 0.15) is 0 Å². The fourth-order valence-electron chi connectivity index (χ4n) is 0.564. The van der Waals surface area contributed by atoms with Crippen molar-refractivity contribution in [1.82, 2.24) is 0 Å². The van der Waals surface area contributed by atoms with Gasteiger partial charge in [0.05, 0.1) is 12.9 Å². The molecule has 0 saturated heterocycles. The van der Waals surface area contributed by atoms with Crippen LogP contribution >= 0.6 is 0 Å². The Kier molecular flexibility index (Phi) is 1.55. The zero-order chi connectivity index (χ0) is 5.98. The molecular weight excluding hydrogens is 107 g/mol. The first kappa shape index (κ1) is 5.66. The lowest BCUT2D eigenvalue weighted by Gasteiger charge is -2.00. The molecule has 1 unspecified atom stereocenters. The molecule has 0 aromatic carbocycles. The summed E-state index contributed by atoms with van der Waals surface area (Å²) in [6.45, 7) is 0.387. The van der Waals surface area contributed by atoms with E-state index in [4.69, 9.17) is 14.8 Å². The van der Waals surface area contributed by atoms with E-state index in [2.05, 4.69) is 0 Å². The van der Waals surface area contributed by atoms with Crippen molar-refractivity contribution in [2.75, 3.05) is 6.61 Å². The number of hydrogen-bond acceptors (Lipinski definition) is 3. The average molecular weight is 114 g/mol. The molecule has 0 saturated carbocycles. The molecule has 0 bridgehead atoms. The van der Waals surface area contributed by atoms with Crippen LogP contribution < -0.4 is 0 Å². The summed E-state index contributed by atoms with van der Waals surface area (Å²) >= 11 is 0. The quantitative estimate of drug-likeness (QED) is 0.446. The Morgan fingerprint density at radius 3 is 2.62 bits per heavy atom. The monoisotopic (exact) mass is 114 g/mol. The van der Waals surface area contributed by atoms with Gasteiger partial charge in [-0.2, -0.15) is 0 Å². The molecule has 44 valence electrons. The van der Waals surface area contributed by atoms with Crippen molar-refractivity contribution in [3.05, 3.63) is 12.3 Å². The van der Waals surface area contributed by atoms with E-state index in [-0.39, 0.29) is 5.82 Å². The molecule has 1 aliphatic heterocycles. The molecule has 1 rings (SSSR count). The summed E-state index contributed by atoms with van der Waals surface area (Å²) in [4.78, 5) is 0. The molecule has 8 heavy (non-hydrogen) atoms. The second-order valence-electron chi connectivity index (χ2n) is 1.74. The van der Waals surface area contributed by atoms with Gasteiger partial charge in [0.2, 0.25) is 0 Å². The molecule has 0 aromatic heterocycles. The summed E-state index contributed by atoms with van der Waals surface area (Å²) in [6, 6.07) is 0. The van der Waals surface area contributed by atoms with Crippen molar-refractivity contribution in [3.8, 4) is 0 Å². The second kappa shape index (κ2) is 2.20. The maximum absolute atomic E-state index is 8.48. The third kappa shape index (κ3) is 1.02. The number of hydrogen-bond donors (Lipinski definition) is 2. The zero-order valence-electron chi connectivity index (χ0n) is 4.32. The third-order valence-electron chi connectivity index (χ3n) is 1.09. The number of rotatable bonds is 1. The molecule has 1 aliphatic rings. The lowest BCUT2D eigenvalue weighted by atomic mass is 9.74. The summed E-state index contributed by atoms with van der Waals surface area (Å²) in [5, 5.41) is 17.0. The van der Waals surface area contributed by atoms with E-state index in [0.717, 1.165) is 0 Å². The highest BCUT2D eigenvalue weighted by molar-refractivity contribution is 6.44. The maximum atomic E-state index is 8.48. The van der Waals surface area contributed by atoms with Gasteiger partial charge in [-0.3, -0.25) is 0 Å². The van der Waals surface area contributed by atoms with Crippen LogP contribution in [0.5, 0.6) is 0 Å². The Morgan fingerprint density at radius 2 is 2.38 bits per heavy atom. The van der Waals surface area contributed by atoms with E-state index >= 15 is 0 Å². The van der Waals surface area contributed by atoms with Crippen LogP contribution in [-0.2, 0) is 4.74 Å². The standard InChI is InChI=1S/C4H7BO3/c6-5(7)4-1-2-8-3-4/h1-2,4,6-7H,3H2. The lowest BCUT2D eigenvalue weighted by Crippen LogP contribution is -2.19. The summed E-state index contributed by atoms with van der Waals surface area (Å²) < 4.78 is 4.72. The summed E-state index contributed by atoms with van der Waals surface area (Å²) in [5.41, 5.74) is 0. The summed E-state index contributed by atoms with van der Waals surface area (Å²) in [6.07, 6.45) is 3.11. The predicted molar refractivity (Wildman–Crippen MR) is 29.0 cm³/mol. The molecule has 0 radical (unpaired) electrons. The Hall–Kier alpha value is -0.475. The topological polar surface area (TPSA) is 49.7 Å². The van der Waals surface area contributed by atoms with Crippen molar-refractivity contribution < 1.29 is 14.8 Å². The molecule has 1 atom stereocenters. The molecule has 0 aromatic rings. The summed E-state index contributed by atoms with van der Waals surface area (Å²) in [5.74, 6) is -0.227. The minimum Gasteiger partial charge on any atom is -0.501 e. The predicted octanol–water partition coefficient (Wildman–Crippen LogP) is -0.627. The van der Waals surface area contributed by atoms with Crippen LogP contribution in [0.4, 0.5) is 0 Å². The third-order valence-corrected chi connectivity index (χ3v) is 1.09. The highest BCUT2D eigenvalue weighted by atomic mass is 16.5. The first-order chi connectivity index (χ1) is 3.80. The molecule has 0 spiro atoms. The van der Waals surface area contributed by atoms with Gasteiger partial charge in [-0.25, -0.2) is 0 Å². The molecule has 3 nitrogen and oxygen atoms in total. The fraction of sp³-hybridized carbons (Fsp3) is 0.500. The van der Waals surface area contributed by atoms with Gasteiger partial charge < -0.3 is 14.8 Å². The SMILES string of the molecule is OB(O)C1C=COC1. The van der Waals surface area contributed by atoms with Crippen LogP contribution in [0.1, 0.15) is 0 Å². The van der Waals surface area contributed by atoms with Crippen LogP contribution in [0.3, 0.4) is 0 Å². The number of ether oxygens (including phenoxy) is 1. The summed E-state index contributed by atoms with van der Waals surface area (Å²) in [7, 11) is -1.27. The van der Waals surface area contributed by atoms with Crippen LogP contribution in [0.2, 0.25) is 5.82 Å². The highest BCUT2D eigenvalue weighted by Gasteiger charge is 2.23. The minimum absolute atomic E-state index is 0.227. The van der Waals surface area contributed by atoms with E-state index in [1.165, 1.54) is 6.26 Å². The van der Waals surface area contributed by atoms with Crippen LogP contribution in [0.25, 0.3) is 0 Å². The highest BCUT2D eigenvalue weighted by Crippen LogP contribution is 2.14. The minimum atomic E-state index is -1.27. The van der Waals surface area contributed by atoms with E-state index in [1.807, 2.05) is 0 Å². The normalized spacial score (nSPS) is 25.5. The maximum Gasteiger partial charge on any atom is 0.462 e. The second-order valence-corrected chi connectivity index (χ2v) is 1.74. The van der Waals surface area contributed by atoms with Gasteiger partial charge in [-0.05, 0) is 6.08 Å². The first-order valence-electron chi connectivity index (χ1n) is 2.45. The van der Waals surface area contributed by atoms with Crippen LogP contribution in [0, 0.1) is 0 Å². The smallest absolute Gasteiger partial charge is 0.462 e. The molecule has 4 heteroatoms. The molecule has 0 amide bonds. The Morgan fingerprint density at radius 1 is 1.62 bits per heavy atom. The van der Waals surface area contributed by atoms with Crippen molar-refractivity contribution in [3.63, 3.8) is 0 Å². The molecular formula is C4H7BO3.